The predicted molar refractivity (Wildman–Crippen MR) is 55.1 cm³/mol. The van der Waals surface area contributed by atoms with Crippen molar-refractivity contribution in [3.8, 4) is 0 Å². The minimum atomic E-state index is -0.323. The second-order valence-corrected chi connectivity index (χ2v) is 4.66. The van der Waals surface area contributed by atoms with Crippen molar-refractivity contribution >= 4 is 0 Å². The lowest BCUT2D eigenvalue weighted by Crippen LogP contribution is -2.35. The third-order valence-electron chi connectivity index (χ3n) is 3.27. The van der Waals surface area contributed by atoms with Gasteiger partial charge in [-0.3, -0.25) is 0 Å². The van der Waals surface area contributed by atoms with Gasteiger partial charge in [-0.2, -0.15) is 0 Å². The molecule has 0 bridgehead atoms. The molecule has 2 aliphatic rings. The van der Waals surface area contributed by atoms with Gasteiger partial charge in [0.25, 0.3) is 0 Å². The Morgan fingerprint density at radius 3 is 2.57 bits per heavy atom. The van der Waals surface area contributed by atoms with Gasteiger partial charge in [0.15, 0.2) is 5.79 Å². The smallest absolute Gasteiger partial charge is 0.166 e. The number of ether oxygens (including phenoxy) is 2. The molecule has 14 heavy (non-hydrogen) atoms. The normalized spacial score (nSPS) is 27.9. The van der Waals surface area contributed by atoms with E-state index in [9.17, 15) is 0 Å². The molecule has 0 aromatic heterocycles. The summed E-state index contributed by atoms with van der Waals surface area (Å²) in [5, 5.41) is 3.54. The van der Waals surface area contributed by atoms with E-state index >= 15 is 0 Å². The summed E-state index contributed by atoms with van der Waals surface area (Å²) in [5.74, 6) is 0.601. The summed E-state index contributed by atoms with van der Waals surface area (Å²) in [6, 6.07) is 0.667. The van der Waals surface area contributed by atoms with Crippen LogP contribution in [0.3, 0.4) is 0 Å². The van der Waals surface area contributed by atoms with Crippen LogP contribution in [0.15, 0.2) is 0 Å². The topological polar surface area (TPSA) is 30.5 Å². The maximum atomic E-state index is 5.54. The zero-order valence-corrected chi connectivity index (χ0v) is 9.21. The molecule has 0 aromatic carbocycles. The average molecular weight is 199 g/mol. The van der Waals surface area contributed by atoms with Gasteiger partial charge in [-0.25, -0.2) is 0 Å². The largest absolute Gasteiger partial charge is 0.348 e. The summed E-state index contributed by atoms with van der Waals surface area (Å²) in [6.07, 6.45) is 3.75. The molecule has 1 N–H and O–H groups in total. The number of rotatable bonds is 5. The van der Waals surface area contributed by atoms with Crippen LogP contribution in [-0.4, -0.2) is 31.6 Å². The molecule has 0 amide bonds. The van der Waals surface area contributed by atoms with Gasteiger partial charge in [0, 0.05) is 19.0 Å². The van der Waals surface area contributed by atoms with Crippen LogP contribution in [-0.2, 0) is 9.47 Å². The molecule has 1 atom stereocenters. The van der Waals surface area contributed by atoms with Crippen molar-refractivity contribution in [1.29, 1.82) is 0 Å². The summed E-state index contributed by atoms with van der Waals surface area (Å²) < 4.78 is 11.1. The van der Waals surface area contributed by atoms with Crippen LogP contribution in [0.25, 0.3) is 0 Å². The van der Waals surface area contributed by atoms with Gasteiger partial charge in [0.2, 0.25) is 0 Å². The Morgan fingerprint density at radius 2 is 2.00 bits per heavy atom. The fourth-order valence-electron chi connectivity index (χ4n) is 1.99. The van der Waals surface area contributed by atoms with Crippen molar-refractivity contribution in [3.63, 3.8) is 0 Å². The highest BCUT2D eigenvalue weighted by molar-refractivity contribution is 4.83. The van der Waals surface area contributed by atoms with E-state index in [2.05, 4.69) is 12.2 Å². The highest BCUT2D eigenvalue weighted by atomic mass is 16.7. The molecule has 0 radical (unpaired) electrons. The SMILES string of the molecule is CC(NCCC1(C)OCCO1)C1CC1. The van der Waals surface area contributed by atoms with Crippen LogP contribution in [0.2, 0.25) is 0 Å². The van der Waals surface area contributed by atoms with E-state index in [1.807, 2.05) is 6.92 Å². The molecule has 1 aliphatic carbocycles. The van der Waals surface area contributed by atoms with Crippen LogP contribution >= 0.6 is 0 Å². The van der Waals surface area contributed by atoms with E-state index < -0.39 is 0 Å². The number of hydrogen-bond acceptors (Lipinski definition) is 3. The summed E-state index contributed by atoms with van der Waals surface area (Å²) in [5.41, 5.74) is 0. The first-order chi connectivity index (χ1) is 6.70. The highest BCUT2D eigenvalue weighted by Gasteiger charge is 2.31. The van der Waals surface area contributed by atoms with Gasteiger partial charge in [0.05, 0.1) is 13.2 Å². The third kappa shape index (κ3) is 2.69. The van der Waals surface area contributed by atoms with Crippen molar-refractivity contribution in [1.82, 2.24) is 5.32 Å². The van der Waals surface area contributed by atoms with E-state index in [-0.39, 0.29) is 5.79 Å². The van der Waals surface area contributed by atoms with E-state index in [0.717, 1.165) is 32.1 Å². The minimum Gasteiger partial charge on any atom is -0.348 e. The summed E-state index contributed by atoms with van der Waals surface area (Å²) in [7, 11) is 0. The molecule has 0 aromatic rings. The van der Waals surface area contributed by atoms with Crippen LogP contribution in [0.5, 0.6) is 0 Å². The van der Waals surface area contributed by atoms with E-state index in [4.69, 9.17) is 9.47 Å². The Balaban J connectivity index is 1.61. The van der Waals surface area contributed by atoms with Gasteiger partial charge in [-0.15, -0.1) is 0 Å². The van der Waals surface area contributed by atoms with Gasteiger partial charge in [0.1, 0.15) is 0 Å². The minimum absolute atomic E-state index is 0.323. The van der Waals surface area contributed by atoms with Gasteiger partial charge < -0.3 is 14.8 Å². The van der Waals surface area contributed by atoms with Gasteiger partial charge in [-0.05, 0) is 32.6 Å². The molecule has 3 nitrogen and oxygen atoms in total. The Hall–Kier alpha value is -0.120. The van der Waals surface area contributed by atoms with Crippen LogP contribution in [0.4, 0.5) is 0 Å². The predicted octanol–water partition coefficient (Wildman–Crippen LogP) is 1.53. The molecule has 1 aliphatic heterocycles. The molecule has 2 fully saturated rings. The van der Waals surface area contributed by atoms with Crippen LogP contribution in [0.1, 0.15) is 33.1 Å². The molecule has 82 valence electrons. The molecule has 1 unspecified atom stereocenters. The van der Waals surface area contributed by atoms with Crippen molar-refractivity contribution in [3.05, 3.63) is 0 Å². The van der Waals surface area contributed by atoms with E-state index in [1.165, 1.54) is 12.8 Å². The second kappa shape index (κ2) is 4.17. The van der Waals surface area contributed by atoms with Crippen molar-refractivity contribution in [2.24, 2.45) is 5.92 Å². The zero-order valence-electron chi connectivity index (χ0n) is 9.21. The molecular weight excluding hydrogens is 178 g/mol. The molecule has 1 saturated heterocycles. The van der Waals surface area contributed by atoms with E-state index in [1.54, 1.807) is 0 Å². The van der Waals surface area contributed by atoms with Gasteiger partial charge in [-0.1, -0.05) is 0 Å². The Labute approximate surface area is 86.2 Å². The first kappa shape index (κ1) is 10.4. The maximum Gasteiger partial charge on any atom is 0.166 e. The first-order valence-electron chi connectivity index (χ1n) is 5.71. The summed E-state index contributed by atoms with van der Waals surface area (Å²) in [6.45, 7) is 6.79. The number of hydrogen-bond donors (Lipinski definition) is 1. The highest BCUT2D eigenvalue weighted by Crippen LogP contribution is 2.32. The first-order valence-corrected chi connectivity index (χ1v) is 5.71. The fraction of sp³-hybridized carbons (Fsp3) is 1.00. The van der Waals surface area contributed by atoms with Gasteiger partial charge >= 0.3 is 0 Å². The quantitative estimate of drug-likeness (QED) is 0.728. The van der Waals surface area contributed by atoms with Crippen LogP contribution < -0.4 is 5.32 Å². The Kier molecular flexibility index (Phi) is 3.10. The summed E-state index contributed by atoms with van der Waals surface area (Å²) >= 11 is 0. The average Bonchev–Trinajstić information content (AvgIpc) is 2.91. The molecule has 1 heterocycles. The van der Waals surface area contributed by atoms with Crippen molar-refractivity contribution < 1.29 is 9.47 Å². The molecule has 0 spiro atoms. The molecule has 3 heteroatoms. The summed E-state index contributed by atoms with van der Waals surface area (Å²) in [4.78, 5) is 0. The monoisotopic (exact) mass is 199 g/mol. The molecule has 1 saturated carbocycles. The Morgan fingerprint density at radius 1 is 1.36 bits per heavy atom. The van der Waals surface area contributed by atoms with E-state index in [0.29, 0.717) is 6.04 Å². The Bertz CT molecular complexity index is 186. The fourth-order valence-corrected chi connectivity index (χ4v) is 1.99. The van der Waals surface area contributed by atoms with Crippen molar-refractivity contribution in [2.75, 3.05) is 19.8 Å². The lowest BCUT2D eigenvalue weighted by molar-refractivity contribution is -0.145. The number of nitrogens with one attached hydrogen (secondary N) is 1. The van der Waals surface area contributed by atoms with Crippen LogP contribution in [0, 0.1) is 5.92 Å². The standard InChI is InChI=1S/C11H21NO2/c1-9(10-3-4-10)12-6-5-11(2)13-7-8-14-11/h9-10,12H,3-8H2,1-2H3. The van der Waals surface area contributed by atoms with Crippen molar-refractivity contribution in [2.45, 2.75) is 44.9 Å². The zero-order chi connectivity index (χ0) is 10.0. The second-order valence-electron chi connectivity index (χ2n) is 4.66. The molecule has 2 rings (SSSR count). The lowest BCUT2D eigenvalue weighted by Gasteiger charge is -2.23. The lowest BCUT2D eigenvalue weighted by atomic mass is 10.2. The maximum absolute atomic E-state index is 5.54. The third-order valence-corrected chi connectivity index (χ3v) is 3.27. The molecular formula is C11H21NO2.